The quantitative estimate of drug-likeness (QED) is 0.509. The first-order valence-electron chi connectivity index (χ1n) is 6.15. The molecule has 0 unspecified atom stereocenters. The lowest BCUT2D eigenvalue weighted by atomic mass is 10.2. The Kier molecular flexibility index (Phi) is 4.37. The van der Waals surface area contributed by atoms with E-state index in [0.717, 1.165) is 6.07 Å². The van der Waals surface area contributed by atoms with Gasteiger partial charge in [-0.05, 0) is 18.2 Å². The van der Waals surface area contributed by atoms with Crippen molar-refractivity contribution in [2.24, 2.45) is 0 Å². The number of carbonyl (C=O) groups excluding carboxylic acids is 1. The number of aromatic amines is 2. The summed E-state index contributed by atoms with van der Waals surface area (Å²) >= 11 is 0. The minimum atomic E-state index is -1.15. The van der Waals surface area contributed by atoms with E-state index in [2.05, 4.69) is 15.6 Å². The number of carboxylic acids is 1. The molecule has 0 bridgehead atoms. The summed E-state index contributed by atoms with van der Waals surface area (Å²) in [6.45, 7) is -0.488. The first-order valence-corrected chi connectivity index (χ1v) is 6.15. The number of aromatic nitrogens is 2. The number of carbonyl (C=O) groups is 2. The van der Waals surface area contributed by atoms with Crippen molar-refractivity contribution >= 4 is 23.4 Å². The van der Waals surface area contributed by atoms with Gasteiger partial charge in [-0.2, -0.15) is 0 Å². The SMILES string of the molecule is O=C(O)CNC(=O)c1cccc(Nc2cc(=O)[nH]c(=O)[nH]2)c1. The highest BCUT2D eigenvalue weighted by molar-refractivity contribution is 5.96. The van der Waals surface area contributed by atoms with Crippen LogP contribution in [0, 0.1) is 0 Å². The molecule has 5 N–H and O–H groups in total. The summed E-state index contributed by atoms with van der Waals surface area (Å²) in [6.07, 6.45) is 0. The zero-order valence-electron chi connectivity index (χ0n) is 11.2. The van der Waals surface area contributed by atoms with Crippen molar-refractivity contribution in [1.82, 2.24) is 15.3 Å². The molecule has 0 saturated heterocycles. The van der Waals surface area contributed by atoms with Gasteiger partial charge in [0.15, 0.2) is 0 Å². The molecule has 22 heavy (non-hydrogen) atoms. The maximum absolute atomic E-state index is 11.7. The lowest BCUT2D eigenvalue weighted by Crippen LogP contribution is -2.29. The standard InChI is InChI=1S/C13H12N4O5/c18-10-5-9(16-13(22)17-10)15-8-3-1-2-7(4-8)12(21)14-6-11(19)20/h1-5H,6H2,(H,14,21)(H,19,20)(H3,15,16,17,18,22). The van der Waals surface area contributed by atoms with E-state index in [1.54, 1.807) is 12.1 Å². The minimum Gasteiger partial charge on any atom is -0.480 e. The molecule has 1 amide bonds. The van der Waals surface area contributed by atoms with Crippen LogP contribution in [0.25, 0.3) is 0 Å². The molecule has 0 spiro atoms. The molecule has 1 aromatic heterocycles. The van der Waals surface area contributed by atoms with E-state index in [1.807, 2.05) is 4.98 Å². The van der Waals surface area contributed by atoms with Crippen LogP contribution in [-0.2, 0) is 4.79 Å². The Morgan fingerprint density at radius 3 is 2.59 bits per heavy atom. The molecule has 114 valence electrons. The molecule has 0 aliphatic carbocycles. The molecule has 1 aromatic carbocycles. The summed E-state index contributed by atoms with van der Waals surface area (Å²) in [5, 5.41) is 13.5. The van der Waals surface area contributed by atoms with Crippen LogP contribution in [0.15, 0.2) is 39.9 Å². The van der Waals surface area contributed by atoms with Gasteiger partial charge < -0.3 is 15.7 Å². The molecule has 0 radical (unpaired) electrons. The Balaban J connectivity index is 2.17. The van der Waals surface area contributed by atoms with Gasteiger partial charge in [-0.15, -0.1) is 0 Å². The molecular weight excluding hydrogens is 292 g/mol. The second-order valence-electron chi connectivity index (χ2n) is 4.28. The summed E-state index contributed by atoms with van der Waals surface area (Å²) in [5.74, 6) is -1.54. The average Bonchev–Trinajstić information content (AvgIpc) is 2.44. The van der Waals surface area contributed by atoms with Crippen molar-refractivity contribution in [3.63, 3.8) is 0 Å². The van der Waals surface area contributed by atoms with Gasteiger partial charge in [0, 0.05) is 17.3 Å². The maximum atomic E-state index is 11.7. The molecule has 0 atom stereocenters. The number of amides is 1. The van der Waals surface area contributed by atoms with Crippen molar-refractivity contribution in [3.05, 3.63) is 56.7 Å². The number of carboxylic acid groups (broad SMARTS) is 1. The summed E-state index contributed by atoms with van der Waals surface area (Å²) in [7, 11) is 0. The van der Waals surface area contributed by atoms with E-state index in [-0.39, 0.29) is 11.4 Å². The molecule has 1 heterocycles. The summed E-state index contributed by atoms with van der Waals surface area (Å²) < 4.78 is 0. The average molecular weight is 304 g/mol. The predicted octanol–water partition coefficient (Wildman–Crippen LogP) is -0.379. The Hall–Kier alpha value is -3.36. The third-order valence-electron chi connectivity index (χ3n) is 2.56. The summed E-state index contributed by atoms with van der Waals surface area (Å²) in [5.41, 5.74) is -0.547. The fraction of sp³-hybridized carbons (Fsp3) is 0.0769. The number of hydrogen-bond acceptors (Lipinski definition) is 5. The van der Waals surface area contributed by atoms with Crippen molar-refractivity contribution in [3.8, 4) is 0 Å². The van der Waals surface area contributed by atoms with E-state index >= 15 is 0 Å². The van der Waals surface area contributed by atoms with Crippen molar-refractivity contribution in [1.29, 1.82) is 0 Å². The monoisotopic (exact) mass is 304 g/mol. The number of rotatable bonds is 5. The Bertz CT molecular complexity index is 795. The first kappa shape index (κ1) is 15.0. The van der Waals surface area contributed by atoms with E-state index in [1.165, 1.54) is 12.1 Å². The van der Waals surface area contributed by atoms with E-state index in [9.17, 15) is 19.2 Å². The van der Waals surface area contributed by atoms with Crippen LogP contribution >= 0.6 is 0 Å². The van der Waals surface area contributed by atoms with Crippen LogP contribution < -0.4 is 21.9 Å². The van der Waals surface area contributed by atoms with E-state index in [4.69, 9.17) is 5.11 Å². The Morgan fingerprint density at radius 1 is 1.14 bits per heavy atom. The van der Waals surface area contributed by atoms with Crippen LogP contribution in [0.5, 0.6) is 0 Å². The summed E-state index contributed by atoms with van der Waals surface area (Å²) in [4.78, 5) is 48.9. The minimum absolute atomic E-state index is 0.164. The fourth-order valence-corrected chi connectivity index (χ4v) is 1.69. The molecule has 9 heteroatoms. The maximum Gasteiger partial charge on any atom is 0.327 e. The number of H-pyrrole nitrogens is 2. The van der Waals surface area contributed by atoms with Crippen molar-refractivity contribution in [2.75, 3.05) is 11.9 Å². The number of anilines is 2. The molecule has 9 nitrogen and oxygen atoms in total. The molecular formula is C13H12N4O5. The summed E-state index contributed by atoms with van der Waals surface area (Å²) in [6, 6.07) is 7.30. The number of nitrogens with one attached hydrogen (secondary N) is 4. The second-order valence-corrected chi connectivity index (χ2v) is 4.28. The molecule has 2 aromatic rings. The smallest absolute Gasteiger partial charge is 0.327 e. The van der Waals surface area contributed by atoms with Gasteiger partial charge in [0.2, 0.25) is 0 Å². The van der Waals surface area contributed by atoms with Crippen LogP contribution in [0.2, 0.25) is 0 Å². The molecule has 0 aliphatic rings. The van der Waals surface area contributed by atoms with Gasteiger partial charge in [-0.25, -0.2) is 4.79 Å². The van der Waals surface area contributed by atoms with Gasteiger partial charge in [-0.3, -0.25) is 24.4 Å². The highest BCUT2D eigenvalue weighted by atomic mass is 16.4. The first-order chi connectivity index (χ1) is 10.4. The zero-order valence-corrected chi connectivity index (χ0v) is 11.2. The molecule has 0 aliphatic heterocycles. The number of hydrogen-bond donors (Lipinski definition) is 5. The van der Waals surface area contributed by atoms with Gasteiger partial charge in [-0.1, -0.05) is 6.07 Å². The largest absolute Gasteiger partial charge is 0.480 e. The molecule has 0 saturated carbocycles. The van der Waals surface area contributed by atoms with Gasteiger partial charge in [0.1, 0.15) is 12.4 Å². The van der Waals surface area contributed by atoms with Gasteiger partial charge in [0.25, 0.3) is 11.5 Å². The van der Waals surface area contributed by atoms with Gasteiger partial charge >= 0.3 is 11.7 Å². The zero-order chi connectivity index (χ0) is 16.1. The van der Waals surface area contributed by atoms with E-state index < -0.39 is 29.7 Å². The third kappa shape index (κ3) is 4.07. The highest BCUT2D eigenvalue weighted by Crippen LogP contribution is 2.14. The van der Waals surface area contributed by atoms with Gasteiger partial charge in [0.05, 0.1) is 0 Å². The predicted molar refractivity (Wildman–Crippen MR) is 77.4 cm³/mol. The van der Waals surface area contributed by atoms with Crippen LogP contribution in [-0.4, -0.2) is 33.5 Å². The topological polar surface area (TPSA) is 144 Å². The molecule has 2 rings (SSSR count). The van der Waals surface area contributed by atoms with Crippen LogP contribution in [0.1, 0.15) is 10.4 Å². The lowest BCUT2D eigenvalue weighted by molar-refractivity contribution is -0.135. The normalized spacial score (nSPS) is 10.0. The lowest BCUT2D eigenvalue weighted by Gasteiger charge is -2.08. The Morgan fingerprint density at radius 2 is 1.91 bits per heavy atom. The number of benzene rings is 1. The Labute approximate surface area is 123 Å². The highest BCUT2D eigenvalue weighted by Gasteiger charge is 2.08. The second kappa shape index (κ2) is 6.39. The van der Waals surface area contributed by atoms with E-state index in [0.29, 0.717) is 5.69 Å². The van der Waals surface area contributed by atoms with Crippen molar-refractivity contribution < 1.29 is 14.7 Å². The number of aliphatic carboxylic acids is 1. The van der Waals surface area contributed by atoms with Crippen molar-refractivity contribution in [2.45, 2.75) is 0 Å². The molecule has 0 fully saturated rings. The fourth-order valence-electron chi connectivity index (χ4n) is 1.69. The van der Waals surface area contributed by atoms with Crippen LogP contribution in [0.3, 0.4) is 0 Å². The third-order valence-corrected chi connectivity index (χ3v) is 2.56. The van der Waals surface area contributed by atoms with Crippen LogP contribution in [0.4, 0.5) is 11.5 Å².